The summed E-state index contributed by atoms with van der Waals surface area (Å²) in [6.45, 7) is 5.91. The number of carboxylic acids is 1. The van der Waals surface area contributed by atoms with Crippen molar-refractivity contribution in [2.24, 2.45) is 0 Å². The molecule has 0 aliphatic heterocycles. The maximum absolute atomic E-state index is 11.3. The Morgan fingerprint density at radius 1 is 1.44 bits per heavy atom. The molecule has 100 valence electrons. The Kier molecular flexibility index (Phi) is 5.62. The Morgan fingerprint density at radius 3 is 2.72 bits per heavy atom. The van der Waals surface area contributed by atoms with Gasteiger partial charge in [-0.15, -0.1) is 0 Å². The molecular weight excluding hydrogens is 230 g/mol. The fourth-order valence-electron chi connectivity index (χ4n) is 1.80. The van der Waals surface area contributed by atoms with Crippen LogP contribution in [0.25, 0.3) is 0 Å². The monoisotopic (exact) mass is 251 g/mol. The van der Waals surface area contributed by atoms with Crippen LogP contribution in [0.1, 0.15) is 51.5 Å². The minimum atomic E-state index is -0.799. The van der Waals surface area contributed by atoms with Gasteiger partial charge in [0.1, 0.15) is 5.75 Å². The number of ether oxygens (including phenoxy) is 1. The van der Waals surface area contributed by atoms with Crippen LogP contribution in [-0.2, 0) is 4.79 Å². The largest absolute Gasteiger partial charge is 0.489 e. The van der Waals surface area contributed by atoms with Gasteiger partial charge >= 0.3 is 5.97 Å². The number of carbonyl (C=O) groups is 1. The Bertz CT molecular complexity index is 390. The van der Waals surface area contributed by atoms with Gasteiger partial charge in [0.15, 0.2) is 0 Å². The second-order valence-corrected chi connectivity index (χ2v) is 4.65. The van der Waals surface area contributed by atoms with Crippen LogP contribution in [-0.4, -0.2) is 22.2 Å². The molecule has 0 saturated heterocycles. The summed E-state index contributed by atoms with van der Waals surface area (Å²) in [5.74, 6) is -0.662. The normalized spacial score (nSPS) is 12.4. The molecule has 1 heterocycles. The zero-order valence-corrected chi connectivity index (χ0v) is 11.2. The third-order valence-corrected chi connectivity index (χ3v) is 2.65. The molecule has 0 bridgehead atoms. The summed E-state index contributed by atoms with van der Waals surface area (Å²) in [4.78, 5) is 15.3. The van der Waals surface area contributed by atoms with Crippen molar-refractivity contribution in [1.29, 1.82) is 0 Å². The van der Waals surface area contributed by atoms with Crippen LogP contribution in [0.4, 0.5) is 0 Å². The van der Waals surface area contributed by atoms with Crippen molar-refractivity contribution in [3.63, 3.8) is 0 Å². The summed E-state index contributed by atoms with van der Waals surface area (Å²) < 4.78 is 5.53. The lowest BCUT2D eigenvalue weighted by atomic mass is 9.95. The fraction of sp³-hybridized carbons (Fsp3) is 0.571. The standard InChI is InChI=1S/C14H21NO3/c1-4-5-6-13(14(16)17)11-7-12(9-15-8-11)18-10(2)3/h7-10,13H,4-6H2,1-3H3,(H,16,17). The molecule has 4 nitrogen and oxygen atoms in total. The van der Waals surface area contributed by atoms with E-state index in [2.05, 4.69) is 11.9 Å². The van der Waals surface area contributed by atoms with Gasteiger partial charge in [-0.05, 0) is 31.9 Å². The third-order valence-electron chi connectivity index (χ3n) is 2.65. The van der Waals surface area contributed by atoms with E-state index in [1.807, 2.05) is 13.8 Å². The molecule has 1 N–H and O–H groups in total. The van der Waals surface area contributed by atoms with Crippen LogP contribution in [0.3, 0.4) is 0 Å². The lowest BCUT2D eigenvalue weighted by Crippen LogP contribution is -2.13. The number of aliphatic carboxylic acids is 1. The molecule has 4 heteroatoms. The zero-order valence-electron chi connectivity index (χ0n) is 11.2. The Morgan fingerprint density at radius 2 is 2.17 bits per heavy atom. The van der Waals surface area contributed by atoms with E-state index < -0.39 is 11.9 Å². The van der Waals surface area contributed by atoms with Crippen LogP contribution < -0.4 is 4.74 Å². The first-order valence-corrected chi connectivity index (χ1v) is 6.39. The van der Waals surface area contributed by atoms with Gasteiger partial charge in [0.2, 0.25) is 0 Å². The van der Waals surface area contributed by atoms with Gasteiger partial charge in [0.25, 0.3) is 0 Å². The molecule has 0 amide bonds. The number of carboxylic acid groups (broad SMARTS) is 1. The molecule has 0 radical (unpaired) electrons. The average Bonchev–Trinajstić information content (AvgIpc) is 2.28. The van der Waals surface area contributed by atoms with E-state index in [0.29, 0.717) is 17.7 Å². The molecule has 1 unspecified atom stereocenters. The number of hydrogen-bond donors (Lipinski definition) is 1. The van der Waals surface area contributed by atoms with E-state index in [-0.39, 0.29) is 6.10 Å². The summed E-state index contributed by atoms with van der Waals surface area (Å²) in [7, 11) is 0. The molecule has 0 aromatic carbocycles. The van der Waals surface area contributed by atoms with Crippen LogP contribution >= 0.6 is 0 Å². The summed E-state index contributed by atoms with van der Waals surface area (Å²) in [5.41, 5.74) is 0.717. The molecule has 0 fully saturated rings. The topological polar surface area (TPSA) is 59.4 Å². The molecule has 0 aliphatic carbocycles. The Balaban J connectivity index is 2.87. The molecule has 1 aromatic rings. The first kappa shape index (κ1) is 14.5. The summed E-state index contributed by atoms with van der Waals surface area (Å²) in [5, 5.41) is 9.26. The number of hydrogen-bond acceptors (Lipinski definition) is 3. The van der Waals surface area contributed by atoms with Gasteiger partial charge in [-0.25, -0.2) is 0 Å². The molecular formula is C14H21NO3. The predicted molar refractivity (Wildman–Crippen MR) is 69.9 cm³/mol. The first-order chi connectivity index (χ1) is 8.54. The van der Waals surface area contributed by atoms with E-state index in [1.54, 1.807) is 18.5 Å². The van der Waals surface area contributed by atoms with Crippen molar-refractivity contribution in [1.82, 2.24) is 4.98 Å². The van der Waals surface area contributed by atoms with Crippen LogP contribution in [0.15, 0.2) is 18.5 Å². The number of rotatable bonds is 7. The average molecular weight is 251 g/mol. The smallest absolute Gasteiger partial charge is 0.311 e. The Labute approximate surface area is 108 Å². The molecule has 1 aromatic heterocycles. The van der Waals surface area contributed by atoms with Gasteiger partial charge in [0.05, 0.1) is 18.2 Å². The second-order valence-electron chi connectivity index (χ2n) is 4.65. The number of nitrogens with zero attached hydrogens (tertiary/aromatic N) is 1. The fourth-order valence-corrected chi connectivity index (χ4v) is 1.80. The lowest BCUT2D eigenvalue weighted by Gasteiger charge is -2.14. The summed E-state index contributed by atoms with van der Waals surface area (Å²) >= 11 is 0. The van der Waals surface area contributed by atoms with Crippen molar-refractivity contribution in [2.75, 3.05) is 0 Å². The minimum absolute atomic E-state index is 0.0565. The van der Waals surface area contributed by atoms with E-state index in [1.165, 1.54) is 0 Å². The highest BCUT2D eigenvalue weighted by atomic mass is 16.5. The van der Waals surface area contributed by atoms with E-state index in [0.717, 1.165) is 12.8 Å². The molecule has 0 aliphatic rings. The van der Waals surface area contributed by atoms with Gasteiger partial charge in [-0.3, -0.25) is 9.78 Å². The summed E-state index contributed by atoms with van der Waals surface area (Å²) in [6, 6.07) is 1.78. The summed E-state index contributed by atoms with van der Waals surface area (Å²) in [6.07, 6.45) is 5.80. The first-order valence-electron chi connectivity index (χ1n) is 6.39. The molecule has 1 atom stereocenters. The van der Waals surface area contributed by atoms with Crippen LogP contribution in [0, 0.1) is 0 Å². The van der Waals surface area contributed by atoms with Crippen molar-refractivity contribution < 1.29 is 14.6 Å². The van der Waals surface area contributed by atoms with Crippen LogP contribution in [0.5, 0.6) is 5.75 Å². The lowest BCUT2D eigenvalue weighted by molar-refractivity contribution is -0.139. The Hall–Kier alpha value is -1.58. The van der Waals surface area contributed by atoms with Crippen LogP contribution in [0.2, 0.25) is 0 Å². The number of unbranched alkanes of at least 4 members (excludes halogenated alkanes) is 1. The second kappa shape index (κ2) is 6.99. The van der Waals surface area contributed by atoms with Crippen molar-refractivity contribution in [3.8, 4) is 5.75 Å². The van der Waals surface area contributed by atoms with Crippen molar-refractivity contribution >= 4 is 5.97 Å². The predicted octanol–water partition coefficient (Wildman–Crippen LogP) is 3.23. The van der Waals surface area contributed by atoms with Gasteiger partial charge in [0, 0.05) is 6.20 Å². The minimum Gasteiger partial charge on any atom is -0.489 e. The highest BCUT2D eigenvalue weighted by molar-refractivity contribution is 5.76. The zero-order chi connectivity index (χ0) is 13.5. The highest BCUT2D eigenvalue weighted by Crippen LogP contribution is 2.25. The van der Waals surface area contributed by atoms with Crippen molar-refractivity contribution in [2.45, 2.75) is 52.1 Å². The van der Waals surface area contributed by atoms with E-state index in [9.17, 15) is 9.90 Å². The molecule has 1 rings (SSSR count). The quantitative estimate of drug-likeness (QED) is 0.808. The van der Waals surface area contributed by atoms with E-state index >= 15 is 0 Å². The highest BCUT2D eigenvalue weighted by Gasteiger charge is 2.20. The van der Waals surface area contributed by atoms with E-state index in [4.69, 9.17) is 4.74 Å². The number of aromatic nitrogens is 1. The van der Waals surface area contributed by atoms with Gasteiger partial charge in [-0.2, -0.15) is 0 Å². The molecule has 0 saturated carbocycles. The van der Waals surface area contributed by atoms with Crippen molar-refractivity contribution in [3.05, 3.63) is 24.0 Å². The number of pyridine rings is 1. The van der Waals surface area contributed by atoms with Gasteiger partial charge in [-0.1, -0.05) is 19.8 Å². The molecule has 0 spiro atoms. The molecule has 18 heavy (non-hydrogen) atoms. The SMILES string of the molecule is CCCCC(C(=O)O)c1cncc(OC(C)C)c1. The maximum atomic E-state index is 11.3. The maximum Gasteiger partial charge on any atom is 0.311 e. The third kappa shape index (κ3) is 4.35. The van der Waals surface area contributed by atoms with Gasteiger partial charge < -0.3 is 9.84 Å².